The van der Waals surface area contributed by atoms with Crippen molar-refractivity contribution in [2.75, 3.05) is 20.0 Å². The maximum atomic E-state index is 5.98. The Morgan fingerprint density at radius 3 is 2.56 bits per heavy atom. The topological polar surface area (TPSA) is 62.3 Å². The first-order valence-electron chi connectivity index (χ1n) is 6.10. The van der Waals surface area contributed by atoms with Gasteiger partial charge in [-0.15, -0.1) is 0 Å². The van der Waals surface area contributed by atoms with E-state index in [2.05, 4.69) is 9.55 Å². The fourth-order valence-corrected chi connectivity index (χ4v) is 2.22. The van der Waals surface area contributed by atoms with Gasteiger partial charge in [0, 0.05) is 18.7 Å². The van der Waals surface area contributed by atoms with Crippen LogP contribution in [0.3, 0.4) is 0 Å². The number of fused-ring (bicyclic) bond motifs is 1. The van der Waals surface area contributed by atoms with Crippen molar-refractivity contribution in [1.82, 2.24) is 9.55 Å². The summed E-state index contributed by atoms with van der Waals surface area (Å²) in [5.41, 5.74) is 7.85. The minimum Gasteiger partial charge on any atom is -0.493 e. The largest absolute Gasteiger partial charge is 0.493 e. The number of rotatable bonds is 4. The predicted octanol–water partition coefficient (Wildman–Crippen LogP) is 2.05. The minimum absolute atomic E-state index is 0.562. The molecular weight excluding hydrogens is 230 g/mol. The van der Waals surface area contributed by atoms with Crippen molar-refractivity contribution < 1.29 is 9.47 Å². The number of benzene rings is 1. The van der Waals surface area contributed by atoms with E-state index in [9.17, 15) is 0 Å². The molecule has 96 valence electrons. The number of hydrogen-bond donors (Lipinski definition) is 1. The summed E-state index contributed by atoms with van der Waals surface area (Å²) in [6.07, 6.45) is 2.57. The molecule has 1 aromatic heterocycles. The summed E-state index contributed by atoms with van der Waals surface area (Å²) in [7, 11) is 3.25. The molecule has 0 bridgehead atoms. The summed E-state index contributed by atoms with van der Waals surface area (Å²) >= 11 is 0. The first kappa shape index (κ1) is 11.2. The third kappa shape index (κ3) is 1.75. The molecule has 1 saturated carbocycles. The lowest BCUT2D eigenvalue weighted by Gasteiger charge is -2.09. The normalized spacial score (nSPS) is 15.0. The summed E-state index contributed by atoms with van der Waals surface area (Å²) in [5.74, 6) is 2.70. The second-order valence-electron chi connectivity index (χ2n) is 4.72. The zero-order valence-corrected chi connectivity index (χ0v) is 10.6. The van der Waals surface area contributed by atoms with Crippen molar-refractivity contribution in [2.24, 2.45) is 5.92 Å². The van der Waals surface area contributed by atoms with E-state index in [4.69, 9.17) is 15.2 Å². The number of hydrogen-bond acceptors (Lipinski definition) is 4. The predicted molar refractivity (Wildman–Crippen MR) is 70.0 cm³/mol. The van der Waals surface area contributed by atoms with Gasteiger partial charge in [0.2, 0.25) is 5.95 Å². The molecular formula is C13H17N3O2. The van der Waals surface area contributed by atoms with E-state index in [0.717, 1.165) is 23.5 Å². The van der Waals surface area contributed by atoms with Crippen LogP contribution in [-0.2, 0) is 6.54 Å². The summed E-state index contributed by atoms with van der Waals surface area (Å²) in [6, 6.07) is 3.81. The molecule has 0 amide bonds. The number of nitrogens with two attached hydrogens (primary N) is 1. The van der Waals surface area contributed by atoms with Crippen molar-refractivity contribution >= 4 is 17.0 Å². The molecule has 1 aromatic carbocycles. The lowest BCUT2D eigenvalue weighted by Crippen LogP contribution is -2.04. The molecule has 5 heteroatoms. The maximum absolute atomic E-state index is 5.98. The average molecular weight is 247 g/mol. The highest BCUT2D eigenvalue weighted by Gasteiger charge is 2.24. The summed E-state index contributed by atoms with van der Waals surface area (Å²) in [6.45, 7) is 0.942. The second-order valence-corrected chi connectivity index (χ2v) is 4.72. The fraction of sp³-hybridized carbons (Fsp3) is 0.462. The van der Waals surface area contributed by atoms with Crippen LogP contribution in [0.2, 0.25) is 0 Å². The zero-order valence-electron chi connectivity index (χ0n) is 10.6. The van der Waals surface area contributed by atoms with Gasteiger partial charge in [-0.25, -0.2) is 4.98 Å². The minimum atomic E-state index is 0.562. The molecule has 2 aromatic rings. The molecule has 0 atom stereocenters. The third-order valence-electron chi connectivity index (χ3n) is 3.42. The number of ether oxygens (including phenoxy) is 2. The van der Waals surface area contributed by atoms with Gasteiger partial charge in [0.05, 0.1) is 25.3 Å². The lowest BCUT2D eigenvalue weighted by molar-refractivity contribution is 0.355. The van der Waals surface area contributed by atoms with E-state index in [1.54, 1.807) is 14.2 Å². The third-order valence-corrected chi connectivity index (χ3v) is 3.42. The van der Waals surface area contributed by atoms with Gasteiger partial charge >= 0.3 is 0 Å². The van der Waals surface area contributed by atoms with Crippen LogP contribution < -0.4 is 15.2 Å². The highest BCUT2D eigenvalue weighted by atomic mass is 16.5. The van der Waals surface area contributed by atoms with Crippen LogP contribution in [0.4, 0.5) is 5.95 Å². The Kier molecular flexibility index (Phi) is 2.54. The number of aromatic nitrogens is 2. The van der Waals surface area contributed by atoms with E-state index in [0.29, 0.717) is 17.4 Å². The molecule has 0 unspecified atom stereocenters. The maximum Gasteiger partial charge on any atom is 0.201 e. The molecule has 2 N–H and O–H groups in total. The van der Waals surface area contributed by atoms with Crippen LogP contribution in [0.5, 0.6) is 11.5 Å². The number of methoxy groups -OCH3 is 2. The van der Waals surface area contributed by atoms with Gasteiger partial charge < -0.3 is 19.8 Å². The van der Waals surface area contributed by atoms with Crippen LogP contribution >= 0.6 is 0 Å². The van der Waals surface area contributed by atoms with Crippen LogP contribution in [0.25, 0.3) is 11.0 Å². The molecule has 18 heavy (non-hydrogen) atoms. The van der Waals surface area contributed by atoms with Gasteiger partial charge in [-0.05, 0) is 18.8 Å². The van der Waals surface area contributed by atoms with Gasteiger partial charge in [-0.2, -0.15) is 0 Å². The first-order chi connectivity index (χ1) is 8.72. The smallest absolute Gasteiger partial charge is 0.201 e. The van der Waals surface area contributed by atoms with Gasteiger partial charge in [0.15, 0.2) is 11.5 Å². The summed E-state index contributed by atoms with van der Waals surface area (Å²) in [4.78, 5) is 4.38. The summed E-state index contributed by atoms with van der Waals surface area (Å²) in [5, 5.41) is 0. The lowest BCUT2D eigenvalue weighted by atomic mass is 10.2. The molecule has 1 aliphatic rings. The number of anilines is 1. The van der Waals surface area contributed by atoms with Crippen molar-refractivity contribution in [1.29, 1.82) is 0 Å². The SMILES string of the molecule is COc1cc2nc(N)n(CC3CC3)c2cc1OC. The first-order valence-corrected chi connectivity index (χ1v) is 6.10. The van der Waals surface area contributed by atoms with Crippen molar-refractivity contribution in [3.8, 4) is 11.5 Å². The van der Waals surface area contributed by atoms with E-state index in [-0.39, 0.29) is 0 Å². The van der Waals surface area contributed by atoms with Gasteiger partial charge in [0.25, 0.3) is 0 Å². The standard InChI is InChI=1S/C13H17N3O2/c1-17-11-5-9-10(6-12(11)18-2)16(13(14)15-9)7-8-3-4-8/h5-6,8H,3-4,7H2,1-2H3,(H2,14,15). The molecule has 0 radical (unpaired) electrons. The Labute approximate surface area is 106 Å². The molecule has 0 aliphatic heterocycles. The molecule has 1 heterocycles. The Morgan fingerprint density at radius 2 is 1.94 bits per heavy atom. The molecule has 0 spiro atoms. The van der Waals surface area contributed by atoms with Gasteiger partial charge in [-0.3, -0.25) is 0 Å². The number of imidazole rings is 1. The van der Waals surface area contributed by atoms with Crippen LogP contribution in [0, 0.1) is 5.92 Å². The van der Waals surface area contributed by atoms with Crippen LogP contribution in [0.1, 0.15) is 12.8 Å². The van der Waals surface area contributed by atoms with E-state index < -0.39 is 0 Å². The zero-order chi connectivity index (χ0) is 12.7. The second kappa shape index (κ2) is 4.08. The monoisotopic (exact) mass is 247 g/mol. The fourth-order valence-electron chi connectivity index (χ4n) is 2.22. The Morgan fingerprint density at radius 1 is 1.28 bits per heavy atom. The van der Waals surface area contributed by atoms with Crippen molar-refractivity contribution in [3.63, 3.8) is 0 Å². The van der Waals surface area contributed by atoms with E-state index in [1.807, 2.05) is 12.1 Å². The number of nitrogen functional groups attached to an aromatic ring is 1. The molecule has 5 nitrogen and oxygen atoms in total. The van der Waals surface area contributed by atoms with Crippen LogP contribution in [0.15, 0.2) is 12.1 Å². The highest BCUT2D eigenvalue weighted by Crippen LogP contribution is 2.36. The average Bonchev–Trinajstić information content (AvgIpc) is 3.14. The number of nitrogens with zero attached hydrogens (tertiary/aromatic N) is 2. The molecule has 1 fully saturated rings. The Bertz CT molecular complexity index is 587. The Hall–Kier alpha value is -1.91. The molecule has 3 rings (SSSR count). The van der Waals surface area contributed by atoms with Crippen molar-refractivity contribution in [2.45, 2.75) is 19.4 Å². The van der Waals surface area contributed by atoms with Crippen molar-refractivity contribution in [3.05, 3.63) is 12.1 Å². The molecule has 0 saturated heterocycles. The van der Waals surface area contributed by atoms with E-state index in [1.165, 1.54) is 12.8 Å². The summed E-state index contributed by atoms with van der Waals surface area (Å²) < 4.78 is 12.7. The quantitative estimate of drug-likeness (QED) is 0.898. The Balaban J connectivity index is 2.14. The van der Waals surface area contributed by atoms with Gasteiger partial charge in [0.1, 0.15) is 0 Å². The highest BCUT2D eigenvalue weighted by molar-refractivity contribution is 5.82. The van der Waals surface area contributed by atoms with Crippen LogP contribution in [-0.4, -0.2) is 23.8 Å². The van der Waals surface area contributed by atoms with Gasteiger partial charge in [-0.1, -0.05) is 0 Å². The van der Waals surface area contributed by atoms with E-state index >= 15 is 0 Å². The molecule has 1 aliphatic carbocycles.